The lowest BCUT2D eigenvalue weighted by Gasteiger charge is -2.28. The van der Waals surface area contributed by atoms with Crippen LogP contribution < -0.4 is 10.2 Å². The molecule has 1 aromatic carbocycles. The Kier molecular flexibility index (Phi) is 5.03. The fraction of sp³-hybridized carbons (Fsp3) is 0.450. The summed E-state index contributed by atoms with van der Waals surface area (Å²) in [6.07, 6.45) is 3.93. The van der Waals surface area contributed by atoms with Gasteiger partial charge < -0.3 is 15.0 Å². The first-order chi connectivity index (χ1) is 13.1. The molecule has 2 aliphatic rings. The van der Waals surface area contributed by atoms with Gasteiger partial charge in [-0.15, -0.1) is 0 Å². The maximum Gasteiger partial charge on any atom is 0.227 e. The van der Waals surface area contributed by atoms with Gasteiger partial charge in [-0.2, -0.15) is 0 Å². The number of carbonyl (C=O) groups excluding carboxylic acids is 1. The summed E-state index contributed by atoms with van der Waals surface area (Å²) in [5.74, 6) is 0.196. The molecule has 1 amide bonds. The Morgan fingerprint density at radius 1 is 1.33 bits per heavy atom. The number of nitrogens with one attached hydrogen (secondary N) is 1. The number of amides is 1. The van der Waals surface area contributed by atoms with Crippen molar-refractivity contribution in [3.63, 3.8) is 0 Å². The molecule has 142 valence electrons. The number of halogens is 1. The van der Waals surface area contributed by atoms with E-state index < -0.39 is 0 Å². The van der Waals surface area contributed by atoms with E-state index in [1.54, 1.807) is 19.1 Å². The number of nitrogens with zero attached hydrogens (tertiary/aromatic N) is 3. The predicted octanol–water partition coefficient (Wildman–Crippen LogP) is 2.50. The van der Waals surface area contributed by atoms with Crippen LogP contribution >= 0.6 is 0 Å². The van der Waals surface area contributed by atoms with Gasteiger partial charge in [0, 0.05) is 36.6 Å². The lowest BCUT2D eigenvalue weighted by atomic mass is 9.86. The van der Waals surface area contributed by atoms with Gasteiger partial charge in [0.1, 0.15) is 5.82 Å². The number of fused-ring (bicyclic) bond motifs is 1. The smallest absolute Gasteiger partial charge is 0.227 e. The topological polar surface area (TPSA) is 67.4 Å². The molecular weight excluding hydrogens is 347 g/mol. The van der Waals surface area contributed by atoms with E-state index in [4.69, 9.17) is 9.72 Å². The number of rotatable bonds is 3. The quantitative estimate of drug-likeness (QED) is 0.899. The van der Waals surface area contributed by atoms with E-state index in [0.29, 0.717) is 30.9 Å². The fourth-order valence-corrected chi connectivity index (χ4v) is 3.55. The normalized spacial score (nSPS) is 19.5. The molecule has 7 heteroatoms. The molecule has 1 N–H and O–H groups in total. The first kappa shape index (κ1) is 17.9. The molecule has 1 unspecified atom stereocenters. The molecule has 0 bridgehead atoms. The summed E-state index contributed by atoms with van der Waals surface area (Å²) in [6, 6.07) is 4.76. The van der Waals surface area contributed by atoms with E-state index in [0.717, 1.165) is 43.1 Å². The van der Waals surface area contributed by atoms with Crippen LogP contribution in [0.5, 0.6) is 0 Å². The average Bonchev–Trinajstić information content (AvgIpc) is 2.70. The van der Waals surface area contributed by atoms with Crippen LogP contribution in [0.25, 0.3) is 0 Å². The number of ether oxygens (including phenoxy) is 1. The highest BCUT2D eigenvalue weighted by molar-refractivity contribution is 5.92. The third-order valence-electron chi connectivity index (χ3n) is 5.24. The van der Waals surface area contributed by atoms with Gasteiger partial charge in [0.25, 0.3) is 0 Å². The third kappa shape index (κ3) is 3.93. The molecule has 0 radical (unpaired) electrons. The highest BCUT2D eigenvalue weighted by Crippen LogP contribution is 2.27. The summed E-state index contributed by atoms with van der Waals surface area (Å²) in [5.41, 5.74) is 3.10. The zero-order chi connectivity index (χ0) is 18.8. The van der Waals surface area contributed by atoms with E-state index in [2.05, 4.69) is 15.2 Å². The Bertz CT molecular complexity index is 852. The summed E-state index contributed by atoms with van der Waals surface area (Å²) < 4.78 is 19.1. The van der Waals surface area contributed by atoms with E-state index >= 15 is 0 Å². The highest BCUT2D eigenvalue weighted by atomic mass is 19.1. The predicted molar refractivity (Wildman–Crippen MR) is 100 cm³/mol. The molecule has 1 fully saturated rings. The van der Waals surface area contributed by atoms with Crippen LogP contribution in [-0.4, -0.2) is 42.2 Å². The van der Waals surface area contributed by atoms with Gasteiger partial charge in [-0.1, -0.05) is 6.07 Å². The molecule has 4 rings (SSSR count). The number of morpholine rings is 1. The largest absolute Gasteiger partial charge is 0.378 e. The Morgan fingerprint density at radius 2 is 2.15 bits per heavy atom. The van der Waals surface area contributed by atoms with Crippen molar-refractivity contribution in [3.05, 3.63) is 47.0 Å². The third-order valence-corrected chi connectivity index (χ3v) is 5.24. The van der Waals surface area contributed by atoms with Gasteiger partial charge in [-0.3, -0.25) is 4.79 Å². The monoisotopic (exact) mass is 370 g/mol. The maximum absolute atomic E-state index is 13.7. The zero-order valence-corrected chi connectivity index (χ0v) is 15.4. The minimum atomic E-state index is -0.314. The minimum absolute atomic E-state index is 0.0823. The van der Waals surface area contributed by atoms with Gasteiger partial charge in [-0.05, 0) is 49.4 Å². The molecule has 1 aliphatic heterocycles. The maximum atomic E-state index is 13.7. The van der Waals surface area contributed by atoms with E-state index in [1.807, 2.05) is 6.20 Å². The van der Waals surface area contributed by atoms with E-state index in [-0.39, 0.29) is 17.6 Å². The van der Waals surface area contributed by atoms with Crippen molar-refractivity contribution in [1.82, 2.24) is 9.97 Å². The fourth-order valence-electron chi connectivity index (χ4n) is 3.55. The molecule has 1 atom stereocenters. The number of hydrogen-bond donors (Lipinski definition) is 1. The minimum Gasteiger partial charge on any atom is -0.378 e. The molecule has 0 saturated carbocycles. The molecule has 0 spiro atoms. The van der Waals surface area contributed by atoms with Crippen LogP contribution in [0, 0.1) is 18.7 Å². The Balaban J connectivity index is 1.43. The van der Waals surface area contributed by atoms with Crippen LogP contribution in [0.15, 0.2) is 24.4 Å². The van der Waals surface area contributed by atoms with E-state index in [1.165, 1.54) is 6.07 Å². The second-order valence-corrected chi connectivity index (χ2v) is 7.13. The van der Waals surface area contributed by atoms with Crippen molar-refractivity contribution in [2.45, 2.75) is 26.2 Å². The zero-order valence-electron chi connectivity index (χ0n) is 15.4. The summed E-state index contributed by atoms with van der Waals surface area (Å²) in [7, 11) is 0. The van der Waals surface area contributed by atoms with Crippen molar-refractivity contribution < 1.29 is 13.9 Å². The summed E-state index contributed by atoms with van der Waals surface area (Å²) in [4.78, 5) is 23.9. The Labute approximate surface area is 157 Å². The first-order valence-electron chi connectivity index (χ1n) is 9.34. The summed E-state index contributed by atoms with van der Waals surface area (Å²) in [6.45, 7) is 4.70. The molecule has 1 saturated heterocycles. The van der Waals surface area contributed by atoms with Crippen LogP contribution in [0.3, 0.4) is 0 Å². The van der Waals surface area contributed by atoms with Gasteiger partial charge in [0.05, 0.1) is 13.2 Å². The van der Waals surface area contributed by atoms with Crippen molar-refractivity contribution >= 4 is 17.5 Å². The Hall–Kier alpha value is -2.54. The number of benzene rings is 1. The Morgan fingerprint density at radius 3 is 2.93 bits per heavy atom. The lowest BCUT2D eigenvalue weighted by molar-refractivity contribution is -0.120. The molecule has 2 heterocycles. The molecular formula is C20H23FN4O2. The number of carbonyl (C=O) groups is 1. The SMILES string of the molecule is Cc1ccc(NC(=O)C2CCc3nc(N4CCOCC4)ncc3C2)cc1F. The van der Waals surface area contributed by atoms with Crippen molar-refractivity contribution in [3.8, 4) is 0 Å². The summed E-state index contributed by atoms with van der Waals surface area (Å²) in [5, 5.41) is 2.83. The number of aryl methyl sites for hydroxylation is 2. The molecule has 1 aliphatic carbocycles. The highest BCUT2D eigenvalue weighted by Gasteiger charge is 2.27. The van der Waals surface area contributed by atoms with Gasteiger partial charge in [-0.25, -0.2) is 14.4 Å². The molecule has 1 aromatic heterocycles. The second kappa shape index (κ2) is 7.60. The molecule has 2 aromatic rings. The van der Waals surface area contributed by atoms with Crippen molar-refractivity contribution in [1.29, 1.82) is 0 Å². The average molecular weight is 370 g/mol. The standard InChI is InChI=1S/C20H23FN4O2/c1-13-2-4-16(11-17(13)21)23-19(26)14-3-5-18-15(10-14)12-22-20(24-18)25-6-8-27-9-7-25/h2,4,11-12,14H,3,5-10H2,1H3,(H,23,26). The lowest BCUT2D eigenvalue weighted by Crippen LogP contribution is -2.38. The number of hydrogen-bond acceptors (Lipinski definition) is 5. The van der Waals surface area contributed by atoms with Crippen LogP contribution in [-0.2, 0) is 22.4 Å². The molecule has 27 heavy (non-hydrogen) atoms. The molecule has 6 nitrogen and oxygen atoms in total. The van der Waals surface area contributed by atoms with E-state index in [9.17, 15) is 9.18 Å². The van der Waals surface area contributed by atoms with Crippen LogP contribution in [0.1, 0.15) is 23.2 Å². The second-order valence-electron chi connectivity index (χ2n) is 7.13. The number of aromatic nitrogens is 2. The van der Waals surface area contributed by atoms with Gasteiger partial charge >= 0.3 is 0 Å². The van der Waals surface area contributed by atoms with Gasteiger partial charge in [0.2, 0.25) is 11.9 Å². The van der Waals surface area contributed by atoms with Crippen molar-refractivity contribution in [2.75, 3.05) is 36.5 Å². The number of anilines is 2. The van der Waals surface area contributed by atoms with Crippen molar-refractivity contribution in [2.24, 2.45) is 5.92 Å². The van der Waals surface area contributed by atoms with Crippen LogP contribution in [0.4, 0.5) is 16.0 Å². The summed E-state index contributed by atoms with van der Waals surface area (Å²) >= 11 is 0. The van der Waals surface area contributed by atoms with Gasteiger partial charge in [0.15, 0.2) is 0 Å². The van der Waals surface area contributed by atoms with Crippen LogP contribution in [0.2, 0.25) is 0 Å². The first-order valence-corrected chi connectivity index (χ1v) is 9.34.